The molecule has 60 heavy (non-hydrogen) atoms. The number of hydrogen-bond donors (Lipinski definition) is 2. The van der Waals surface area contributed by atoms with Crippen molar-refractivity contribution in [1.82, 2.24) is 20.0 Å². The number of carbonyl (C=O) groups excluding carboxylic acids is 1. The number of carbonyl (C=O) groups is 1. The molecule has 0 bridgehead atoms. The van der Waals surface area contributed by atoms with E-state index in [0.29, 0.717) is 35.1 Å². The zero-order chi connectivity index (χ0) is 41.1. The molecule has 2 unspecified atom stereocenters. The average Bonchev–Trinajstić information content (AvgIpc) is 3.91. The summed E-state index contributed by atoms with van der Waals surface area (Å²) in [4.78, 5) is 21.9. The Balaban J connectivity index is 0.705. The number of likely N-dealkylation sites (tertiary alicyclic amines) is 3. The van der Waals surface area contributed by atoms with Crippen molar-refractivity contribution in [1.29, 1.82) is 0 Å². The molecule has 10 rings (SSSR count). The number of amides is 1. The monoisotopic (exact) mass is 819 g/mol. The third-order valence-corrected chi connectivity index (χ3v) is 18.2. The molecule has 4 heterocycles. The number of hydrogen-bond acceptors (Lipinski definition) is 6. The molecule has 1 amide bonds. The second kappa shape index (κ2) is 16.9. The molecule has 2 aromatic carbocycles. The van der Waals surface area contributed by atoms with Gasteiger partial charge in [0.25, 0.3) is 0 Å². The molecular weight excluding hydrogens is 741 g/mol. The van der Waals surface area contributed by atoms with Crippen LogP contribution in [0.1, 0.15) is 182 Å². The summed E-state index contributed by atoms with van der Waals surface area (Å²) >= 11 is 0. The Bertz CT molecular complexity index is 1790. The van der Waals surface area contributed by atoms with Crippen LogP contribution in [0.5, 0.6) is 0 Å². The molecule has 7 nitrogen and oxygen atoms in total. The quantitative estimate of drug-likeness (QED) is 0.290. The number of nitrogens with zero attached hydrogens (tertiary/aromatic N) is 3. The van der Waals surface area contributed by atoms with Gasteiger partial charge in [-0.05, 0) is 199 Å². The number of benzene rings is 2. The van der Waals surface area contributed by atoms with E-state index >= 15 is 0 Å². The van der Waals surface area contributed by atoms with Crippen LogP contribution >= 0.6 is 0 Å². The molecule has 8 fully saturated rings. The summed E-state index contributed by atoms with van der Waals surface area (Å²) in [5.74, 6) is 2.50. The molecule has 0 radical (unpaired) electrons. The highest BCUT2D eigenvalue weighted by Gasteiger charge is 2.62. The van der Waals surface area contributed by atoms with E-state index in [1.54, 1.807) is 22.3 Å². The highest BCUT2D eigenvalue weighted by atomic mass is 16.6. The van der Waals surface area contributed by atoms with Gasteiger partial charge in [-0.15, -0.1) is 0 Å². The lowest BCUT2D eigenvalue weighted by Gasteiger charge is -2.61. The first-order valence-electron chi connectivity index (χ1n) is 25.1. The van der Waals surface area contributed by atoms with Gasteiger partial charge in [0.1, 0.15) is 6.10 Å². The Hall–Kier alpha value is -2.45. The Morgan fingerprint density at radius 2 is 1.10 bits per heavy atom. The summed E-state index contributed by atoms with van der Waals surface area (Å²) in [6, 6.07) is 20.4. The maximum atomic E-state index is 14.1. The lowest BCUT2D eigenvalue weighted by atomic mass is 9.61. The number of aliphatic hydroxyl groups excluding tert-OH is 1. The van der Waals surface area contributed by atoms with E-state index in [2.05, 4.69) is 89.3 Å². The van der Waals surface area contributed by atoms with Gasteiger partial charge in [-0.25, -0.2) is 4.79 Å². The van der Waals surface area contributed by atoms with Crippen molar-refractivity contribution in [3.05, 3.63) is 70.8 Å². The molecule has 4 saturated heterocycles. The Morgan fingerprint density at radius 1 is 0.633 bits per heavy atom. The standard InChI is InChI=1S/C53H78N4O3/c1-51(2,3)49-53(27-21-42(33-53)56-30-24-40(25-31-56)47-10-6-4-8-45(47)37-12-16-43(58)17-13-37)36-57(49)50(59)60-44-18-14-38(15-19-44)46-9-5-7-11-48(46)39-22-28-55(29-23-39)41-20-26-52(32-41)34-54-35-52/h4-11,37-44,49,54,58H,12-36H2,1-3H3/t37?,38?,41-,42?,43?,44?,49-,53?/m1/s1. The molecule has 8 aliphatic rings. The molecule has 2 aromatic rings. The zero-order valence-corrected chi connectivity index (χ0v) is 37.6. The summed E-state index contributed by atoms with van der Waals surface area (Å²) < 4.78 is 6.45. The van der Waals surface area contributed by atoms with Crippen LogP contribution < -0.4 is 5.32 Å². The topological polar surface area (TPSA) is 68.3 Å². The minimum atomic E-state index is -0.103. The molecule has 0 aromatic heterocycles. The van der Waals surface area contributed by atoms with Gasteiger partial charge in [0.15, 0.2) is 0 Å². The fourth-order valence-electron chi connectivity index (χ4n) is 15.2. The maximum Gasteiger partial charge on any atom is 0.410 e. The zero-order valence-electron chi connectivity index (χ0n) is 37.6. The first kappa shape index (κ1) is 41.6. The van der Waals surface area contributed by atoms with Crippen molar-refractivity contribution in [2.45, 2.75) is 190 Å². The van der Waals surface area contributed by atoms with Gasteiger partial charge >= 0.3 is 6.09 Å². The SMILES string of the molecule is CC(C)(C)[C@H]1N(C(=O)OC2CCC(c3ccccc3C3CCN([C@@H]4CCC5(CNC5)C4)CC3)CC2)CC12CCC(N1CCC(c3ccccc3C3CCC(O)CC3)CC1)C2. The van der Waals surface area contributed by atoms with Crippen molar-refractivity contribution in [3.8, 4) is 0 Å². The third kappa shape index (κ3) is 8.13. The molecule has 2 spiro atoms. The second-order valence-corrected chi connectivity index (χ2v) is 22.9. The fourth-order valence-corrected chi connectivity index (χ4v) is 15.2. The first-order chi connectivity index (χ1) is 29.1. The maximum absolute atomic E-state index is 14.1. The lowest BCUT2D eigenvalue weighted by molar-refractivity contribution is -0.118. The van der Waals surface area contributed by atoms with E-state index < -0.39 is 0 Å². The summed E-state index contributed by atoms with van der Waals surface area (Å²) in [6.07, 6.45) is 21.2. The highest BCUT2D eigenvalue weighted by molar-refractivity contribution is 5.70. The number of aliphatic hydroxyl groups is 1. The predicted molar refractivity (Wildman–Crippen MR) is 242 cm³/mol. The van der Waals surface area contributed by atoms with Gasteiger partial charge in [0.05, 0.1) is 6.10 Å². The largest absolute Gasteiger partial charge is 0.446 e. The minimum absolute atomic E-state index is 0.0167. The molecule has 328 valence electrons. The molecule has 4 atom stereocenters. The molecule has 2 N–H and O–H groups in total. The Kier molecular flexibility index (Phi) is 11.7. The smallest absolute Gasteiger partial charge is 0.410 e. The van der Waals surface area contributed by atoms with Crippen LogP contribution in [0.25, 0.3) is 0 Å². The van der Waals surface area contributed by atoms with Gasteiger partial charge in [-0.2, -0.15) is 0 Å². The van der Waals surface area contributed by atoms with Crippen molar-refractivity contribution >= 4 is 6.09 Å². The first-order valence-corrected chi connectivity index (χ1v) is 25.1. The van der Waals surface area contributed by atoms with Crippen molar-refractivity contribution in [2.75, 3.05) is 45.8 Å². The van der Waals surface area contributed by atoms with Crippen LogP contribution in [0.3, 0.4) is 0 Å². The van der Waals surface area contributed by atoms with E-state index in [0.717, 1.165) is 64.0 Å². The van der Waals surface area contributed by atoms with Crippen molar-refractivity contribution in [2.24, 2.45) is 16.2 Å². The summed E-state index contributed by atoms with van der Waals surface area (Å²) in [5, 5.41) is 13.7. The van der Waals surface area contributed by atoms with Crippen molar-refractivity contribution < 1.29 is 14.6 Å². The Labute approximate surface area is 362 Å². The lowest BCUT2D eigenvalue weighted by Crippen LogP contribution is -2.70. The summed E-state index contributed by atoms with van der Waals surface area (Å²) in [5.41, 5.74) is 7.21. The number of ether oxygens (including phenoxy) is 1. The number of rotatable bonds is 7. The summed E-state index contributed by atoms with van der Waals surface area (Å²) in [6.45, 7) is 15.3. The molecular formula is C53H78N4O3. The van der Waals surface area contributed by atoms with E-state index in [-0.39, 0.29) is 35.2 Å². The van der Waals surface area contributed by atoms with Gasteiger partial charge in [0.2, 0.25) is 0 Å². The predicted octanol–water partition coefficient (Wildman–Crippen LogP) is 10.3. The highest BCUT2D eigenvalue weighted by Crippen LogP contribution is 2.57. The normalized spacial score (nSPS) is 35.7. The van der Waals surface area contributed by atoms with Crippen LogP contribution in [0.15, 0.2) is 48.5 Å². The second-order valence-electron chi connectivity index (χ2n) is 22.9. The van der Waals surface area contributed by atoms with Crippen LogP contribution in [0.2, 0.25) is 0 Å². The van der Waals surface area contributed by atoms with E-state index in [9.17, 15) is 9.90 Å². The van der Waals surface area contributed by atoms with Crippen LogP contribution in [-0.2, 0) is 4.74 Å². The van der Waals surface area contributed by atoms with Gasteiger partial charge in [-0.3, -0.25) is 0 Å². The molecule has 4 aliphatic carbocycles. The van der Waals surface area contributed by atoms with Crippen LogP contribution in [0.4, 0.5) is 4.79 Å². The Morgan fingerprint density at radius 3 is 1.57 bits per heavy atom. The minimum Gasteiger partial charge on any atom is -0.446 e. The summed E-state index contributed by atoms with van der Waals surface area (Å²) in [7, 11) is 0. The van der Waals surface area contributed by atoms with E-state index in [1.807, 2.05) is 0 Å². The van der Waals surface area contributed by atoms with E-state index in [1.165, 1.54) is 103 Å². The van der Waals surface area contributed by atoms with Crippen LogP contribution in [-0.4, -0.2) is 102 Å². The fraction of sp³-hybridized carbons (Fsp3) is 0.755. The molecule has 4 saturated carbocycles. The van der Waals surface area contributed by atoms with Gasteiger partial charge < -0.3 is 29.9 Å². The average molecular weight is 819 g/mol. The van der Waals surface area contributed by atoms with Gasteiger partial charge in [-0.1, -0.05) is 69.3 Å². The third-order valence-electron chi connectivity index (χ3n) is 18.2. The van der Waals surface area contributed by atoms with Crippen LogP contribution in [0, 0.1) is 16.2 Å². The number of piperidine rings is 2. The molecule has 4 aliphatic heterocycles. The van der Waals surface area contributed by atoms with Gasteiger partial charge in [0, 0.05) is 43.2 Å². The van der Waals surface area contributed by atoms with Crippen molar-refractivity contribution in [3.63, 3.8) is 0 Å². The molecule has 7 heteroatoms. The van der Waals surface area contributed by atoms with E-state index in [4.69, 9.17) is 4.74 Å². The number of nitrogens with one attached hydrogen (secondary N) is 1.